The molecular formula is C6H3Cl3S2. The van der Waals surface area contributed by atoms with Gasteiger partial charge < -0.3 is 0 Å². The molecule has 0 saturated heterocycles. The average Bonchev–Trinajstić information content (AvgIpc) is 1.97. The van der Waals surface area contributed by atoms with Gasteiger partial charge in [-0.05, 0) is 6.08 Å². The van der Waals surface area contributed by atoms with Crippen LogP contribution in [0.4, 0.5) is 0 Å². The van der Waals surface area contributed by atoms with Crippen molar-refractivity contribution in [1.82, 2.24) is 0 Å². The van der Waals surface area contributed by atoms with E-state index in [9.17, 15) is 0 Å². The van der Waals surface area contributed by atoms with Gasteiger partial charge in [0.15, 0.2) is 0 Å². The SMILES string of the molecule is S=C1C(S)=CC(Cl)=C(Cl)C1Cl. The fraction of sp³-hybridized carbons (Fsp3) is 0.167. The zero-order valence-electron chi connectivity index (χ0n) is 5.14. The number of hydrogen-bond donors (Lipinski definition) is 1. The number of thiol groups is 1. The van der Waals surface area contributed by atoms with E-state index in [1.165, 1.54) is 0 Å². The molecule has 5 heteroatoms. The van der Waals surface area contributed by atoms with Gasteiger partial charge in [-0.1, -0.05) is 35.4 Å². The molecule has 0 amide bonds. The van der Waals surface area contributed by atoms with E-state index in [1.807, 2.05) is 0 Å². The van der Waals surface area contributed by atoms with Gasteiger partial charge in [0.25, 0.3) is 0 Å². The third-order valence-electron chi connectivity index (χ3n) is 1.20. The first-order chi connectivity index (χ1) is 5.04. The molecule has 0 aliphatic heterocycles. The minimum atomic E-state index is -0.503. The average molecular weight is 246 g/mol. The number of allylic oxidation sites excluding steroid dienone is 4. The van der Waals surface area contributed by atoms with Crippen LogP contribution in [-0.2, 0) is 0 Å². The minimum absolute atomic E-state index is 0.371. The second-order valence-electron chi connectivity index (χ2n) is 1.95. The molecule has 0 heterocycles. The molecule has 0 N–H and O–H groups in total. The summed E-state index contributed by atoms with van der Waals surface area (Å²) in [4.78, 5) is 1.12. The zero-order valence-corrected chi connectivity index (χ0v) is 9.12. The second-order valence-corrected chi connectivity index (χ2v) is 4.12. The Labute approximate surface area is 90.6 Å². The van der Waals surface area contributed by atoms with Gasteiger partial charge in [0.2, 0.25) is 0 Å². The number of hydrogen-bond acceptors (Lipinski definition) is 2. The highest BCUT2D eigenvalue weighted by atomic mass is 35.5. The third-order valence-corrected chi connectivity index (χ3v) is 3.68. The molecule has 11 heavy (non-hydrogen) atoms. The molecule has 1 unspecified atom stereocenters. The van der Waals surface area contributed by atoms with E-state index in [0.717, 1.165) is 0 Å². The molecular weight excluding hydrogens is 243 g/mol. The van der Waals surface area contributed by atoms with Gasteiger partial charge in [-0.15, -0.1) is 24.2 Å². The molecule has 0 spiro atoms. The summed E-state index contributed by atoms with van der Waals surface area (Å²) in [5.74, 6) is 0. The number of halogens is 3. The second kappa shape index (κ2) is 3.67. The summed E-state index contributed by atoms with van der Waals surface area (Å²) in [6, 6.07) is 0. The van der Waals surface area contributed by atoms with Crippen molar-refractivity contribution >= 4 is 64.5 Å². The molecule has 0 bridgehead atoms. The first-order valence-electron chi connectivity index (χ1n) is 2.68. The summed E-state index contributed by atoms with van der Waals surface area (Å²) >= 11 is 26.2. The molecule has 1 rings (SSSR count). The van der Waals surface area contributed by atoms with Gasteiger partial charge >= 0.3 is 0 Å². The van der Waals surface area contributed by atoms with Crippen LogP contribution >= 0.6 is 59.6 Å². The van der Waals surface area contributed by atoms with E-state index >= 15 is 0 Å². The van der Waals surface area contributed by atoms with Gasteiger partial charge in [-0.2, -0.15) is 0 Å². The van der Waals surface area contributed by atoms with Crippen molar-refractivity contribution < 1.29 is 0 Å². The molecule has 0 fully saturated rings. The molecule has 0 saturated carbocycles. The Morgan fingerprint density at radius 3 is 2.55 bits per heavy atom. The Bertz CT molecular complexity index is 267. The Morgan fingerprint density at radius 2 is 2.00 bits per heavy atom. The monoisotopic (exact) mass is 244 g/mol. The number of alkyl halides is 1. The Balaban J connectivity index is 3.11. The molecule has 0 radical (unpaired) electrons. The van der Waals surface area contributed by atoms with Gasteiger partial charge in [0, 0.05) is 4.91 Å². The topological polar surface area (TPSA) is 0 Å². The van der Waals surface area contributed by atoms with Crippen molar-refractivity contribution in [3.05, 3.63) is 21.0 Å². The highest BCUT2D eigenvalue weighted by Crippen LogP contribution is 2.32. The first-order valence-corrected chi connectivity index (χ1v) is 4.73. The zero-order chi connectivity index (χ0) is 8.59. The standard InChI is InChI=1S/C6H3Cl3S2/c7-2-1-3(10)6(11)5(9)4(2)8/h1,5,10H. The van der Waals surface area contributed by atoms with E-state index in [-0.39, 0.29) is 0 Å². The molecule has 1 atom stereocenters. The Kier molecular flexibility index (Phi) is 3.29. The number of rotatable bonds is 0. The molecule has 0 aromatic heterocycles. The smallest absolute Gasteiger partial charge is 0.107 e. The van der Waals surface area contributed by atoms with Crippen molar-refractivity contribution in [2.75, 3.05) is 0 Å². The lowest BCUT2D eigenvalue weighted by Gasteiger charge is -2.15. The maximum Gasteiger partial charge on any atom is 0.107 e. The van der Waals surface area contributed by atoms with E-state index in [2.05, 4.69) is 12.6 Å². The lowest BCUT2D eigenvalue weighted by atomic mass is 10.2. The molecule has 1 aliphatic rings. The van der Waals surface area contributed by atoms with Crippen LogP contribution in [0.1, 0.15) is 0 Å². The van der Waals surface area contributed by atoms with Crippen LogP contribution in [0.15, 0.2) is 21.0 Å². The fourth-order valence-corrected chi connectivity index (χ4v) is 1.95. The fourth-order valence-electron chi connectivity index (χ4n) is 0.626. The molecule has 1 aliphatic carbocycles. The first kappa shape index (κ1) is 9.87. The highest BCUT2D eigenvalue weighted by Gasteiger charge is 2.23. The van der Waals surface area contributed by atoms with E-state index < -0.39 is 5.38 Å². The molecule has 0 aromatic rings. The predicted octanol–water partition coefficient (Wildman–Crippen LogP) is 3.48. The lowest BCUT2D eigenvalue weighted by molar-refractivity contribution is 1.43. The summed E-state index contributed by atoms with van der Waals surface area (Å²) in [6.07, 6.45) is 1.59. The molecule has 60 valence electrons. The van der Waals surface area contributed by atoms with E-state index in [4.69, 9.17) is 47.0 Å². The largest absolute Gasteiger partial charge is 0.142 e. The van der Waals surface area contributed by atoms with Crippen molar-refractivity contribution in [3.63, 3.8) is 0 Å². The Hall–Kier alpha value is 0.790. The normalized spacial score (nSPS) is 25.6. The van der Waals surface area contributed by atoms with Crippen LogP contribution in [0.5, 0.6) is 0 Å². The van der Waals surface area contributed by atoms with Crippen LogP contribution in [0.25, 0.3) is 0 Å². The van der Waals surface area contributed by atoms with Gasteiger partial charge in [0.05, 0.1) is 14.9 Å². The summed E-state index contributed by atoms with van der Waals surface area (Å²) in [7, 11) is 0. The Morgan fingerprint density at radius 1 is 1.45 bits per heavy atom. The summed E-state index contributed by atoms with van der Waals surface area (Å²) < 4.78 is 0. The van der Waals surface area contributed by atoms with Crippen LogP contribution in [0.3, 0.4) is 0 Å². The van der Waals surface area contributed by atoms with Crippen molar-refractivity contribution in [2.24, 2.45) is 0 Å². The third kappa shape index (κ3) is 1.93. The quantitative estimate of drug-likeness (QED) is 0.387. The van der Waals surface area contributed by atoms with E-state index in [0.29, 0.717) is 19.8 Å². The summed E-state index contributed by atoms with van der Waals surface area (Å²) in [5.41, 5.74) is 0. The predicted molar refractivity (Wildman–Crippen MR) is 58.0 cm³/mol. The van der Waals surface area contributed by atoms with Crippen molar-refractivity contribution in [1.29, 1.82) is 0 Å². The lowest BCUT2D eigenvalue weighted by Crippen LogP contribution is -2.16. The molecule has 0 aromatic carbocycles. The highest BCUT2D eigenvalue weighted by molar-refractivity contribution is 7.90. The molecule has 0 nitrogen and oxygen atoms in total. The van der Waals surface area contributed by atoms with E-state index in [1.54, 1.807) is 6.08 Å². The van der Waals surface area contributed by atoms with Crippen molar-refractivity contribution in [2.45, 2.75) is 5.38 Å². The summed E-state index contributed by atoms with van der Waals surface area (Å²) in [5, 5.41) is 0.276. The maximum atomic E-state index is 5.80. The van der Waals surface area contributed by atoms with Crippen LogP contribution in [0.2, 0.25) is 0 Å². The van der Waals surface area contributed by atoms with Gasteiger partial charge in [-0.3, -0.25) is 0 Å². The van der Waals surface area contributed by atoms with Gasteiger partial charge in [-0.25, -0.2) is 0 Å². The van der Waals surface area contributed by atoms with Crippen LogP contribution < -0.4 is 0 Å². The minimum Gasteiger partial charge on any atom is -0.142 e. The van der Waals surface area contributed by atoms with Gasteiger partial charge in [0.1, 0.15) is 5.38 Å². The van der Waals surface area contributed by atoms with Crippen molar-refractivity contribution in [3.8, 4) is 0 Å². The van der Waals surface area contributed by atoms with Crippen LogP contribution in [0, 0.1) is 0 Å². The number of thiocarbonyl (C=S) groups is 1. The summed E-state index contributed by atoms with van der Waals surface area (Å²) in [6.45, 7) is 0. The van der Waals surface area contributed by atoms with Crippen LogP contribution in [-0.4, -0.2) is 10.2 Å². The maximum absolute atomic E-state index is 5.80.